The molecule has 0 N–H and O–H groups in total. The largest absolute Gasteiger partial charge is 0.462 e. The van der Waals surface area contributed by atoms with Crippen molar-refractivity contribution in [1.82, 2.24) is 0 Å². The molecular weight excluding hydrogens is 244 g/mol. The van der Waals surface area contributed by atoms with Gasteiger partial charge in [-0.25, -0.2) is 4.79 Å². The number of hydrogen-bond donors (Lipinski definition) is 0. The van der Waals surface area contributed by atoms with E-state index in [-0.39, 0.29) is 5.97 Å². The highest BCUT2D eigenvalue weighted by Gasteiger charge is 2.15. The van der Waals surface area contributed by atoms with Gasteiger partial charge in [0.05, 0.1) is 6.61 Å². The van der Waals surface area contributed by atoms with Crippen molar-refractivity contribution in [3.8, 4) is 0 Å². The van der Waals surface area contributed by atoms with Crippen molar-refractivity contribution in [1.29, 1.82) is 0 Å². The third-order valence-electron chi connectivity index (χ3n) is 2.52. The normalized spacial score (nSPS) is 11.3. The molecule has 0 aromatic rings. The molecule has 0 saturated heterocycles. The highest BCUT2D eigenvalue weighted by Crippen LogP contribution is 2.15. The Morgan fingerprint density at radius 3 is 2.17 bits per heavy atom. The third-order valence-corrected chi connectivity index (χ3v) is 6.17. The quantitative estimate of drug-likeness (QED) is 0.265. The van der Waals surface area contributed by atoms with Gasteiger partial charge in [0.15, 0.2) is 9.04 Å². The number of carbonyl (C=O) groups excluding carboxylic acids is 1. The van der Waals surface area contributed by atoms with Gasteiger partial charge in [-0.2, -0.15) is 0 Å². The lowest BCUT2D eigenvalue weighted by atomic mass is 10.3. The first-order chi connectivity index (χ1) is 8.45. The second-order valence-corrected chi connectivity index (χ2v) is 8.00. The molecule has 0 aromatic heterocycles. The molecule has 0 unspecified atom stereocenters. The molecule has 18 heavy (non-hydrogen) atoms. The fourth-order valence-electron chi connectivity index (χ4n) is 1.82. The van der Waals surface area contributed by atoms with Crippen LogP contribution in [0.3, 0.4) is 0 Å². The summed E-state index contributed by atoms with van der Waals surface area (Å²) in [6.45, 7) is 13.5. The molecule has 0 atom stereocenters. The molecule has 0 radical (unpaired) electrons. The smallest absolute Gasteiger partial charge is 0.330 e. The molecule has 0 rings (SSSR count). The van der Waals surface area contributed by atoms with Gasteiger partial charge in [0.1, 0.15) is 0 Å². The predicted octanol–water partition coefficient (Wildman–Crippen LogP) is 3.16. The van der Waals surface area contributed by atoms with E-state index in [4.69, 9.17) is 9.16 Å². The average Bonchev–Trinajstić information content (AvgIpc) is 2.26. The van der Waals surface area contributed by atoms with Gasteiger partial charge in [-0.1, -0.05) is 34.3 Å². The first-order valence-corrected chi connectivity index (χ1v) is 8.97. The molecule has 0 saturated carbocycles. The number of ether oxygens (including phenoxy) is 1. The minimum atomic E-state index is -1.08. The van der Waals surface area contributed by atoms with Crippen LogP contribution in [0.5, 0.6) is 0 Å². The average molecular weight is 272 g/mol. The lowest BCUT2D eigenvalue weighted by Gasteiger charge is -2.20. The molecule has 0 spiro atoms. The van der Waals surface area contributed by atoms with Crippen molar-refractivity contribution in [3.05, 3.63) is 12.7 Å². The molecule has 0 bridgehead atoms. The summed E-state index contributed by atoms with van der Waals surface area (Å²) in [6.07, 6.45) is 1.97. The van der Waals surface area contributed by atoms with Gasteiger partial charge in [0, 0.05) is 19.1 Å². The van der Waals surface area contributed by atoms with E-state index in [1.807, 2.05) is 0 Å². The van der Waals surface area contributed by atoms with Crippen LogP contribution in [0.4, 0.5) is 0 Å². The third kappa shape index (κ3) is 10.5. The number of rotatable bonds is 10. The van der Waals surface area contributed by atoms with Crippen molar-refractivity contribution in [2.75, 3.05) is 13.2 Å². The summed E-state index contributed by atoms with van der Waals surface area (Å²) in [4.78, 5) is 10.8. The summed E-state index contributed by atoms with van der Waals surface area (Å²) in [5.41, 5.74) is 0. The highest BCUT2D eigenvalue weighted by molar-refractivity contribution is 6.51. The standard InChI is InChI=1S/C14H28O3Si/c1-6-14(15)16-8-7-9-17-18(10-12(2)3)11-13(4)5/h6,12-13,18H,1,7-11H2,2-5H3. The van der Waals surface area contributed by atoms with E-state index in [1.165, 1.54) is 18.2 Å². The molecule has 0 heterocycles. The summed E-state index contributed by atoms with van der Waals surface area (Å²) in [7, 11) is -1.08. The van der Waals surface area contributed by atoms with Crippen molar-refractivity contribution in [2.24, 2.45) is 11.8 Å². The van der Waals surface area contributed by atoms with E-state index in [0.29, 0.717) is 25.0 Å². The Morgan fingerprint density at radius 1 is 1.17 bits per heavy atom. The lowest BCUT2D eigenvalue weighted by molar-refractivity contribution is -0.137. The van der Waals surface area contributed by atoms with E-state index in [0.717, 1.165) is 6.42 Å². The van der Waals surface area contributed by atoms with Crippen molar-refractivity contribution in [2.45, 2.75) is 46.2 Å². The van der Waals surface area contributed by atoms with E-state index in [9.17, 15) is 4.79 Å². The Hall–Kier alpha value is -0.613. The predicted molar refractivity (Wildman–Crippen MR) is 78.2 cm³/mol. The second kappa shape index (κ2) is 10.3. The number of esters is 1. The van der Waals surface area contributed by atoms with E-state index in [1.54, 1.807) is 0 Å². The molecule has 0 aliphatic heterocycles. The van der Waals surface area contributed by atoms with Gasteiger partial charge >= 0.3 is 5.97 Å². The molecule has 0 aromatic carbocycles. The topological polar surface area (TPSA) is 35.5 Å². The number of carbonyl (C=O) groups is 1. The minimum Gasteiger partial charge on any atom is -0.462 e. The minimum absolute atomic E-state index is 0.354. The van der Waals surface area contributed by atoms with Crippen LogP contribution in [0, 0.1) is 11.8 Å². The first kappa shape index (κ1) is 17.4. The SMILES string of the molecule is C=CC(=O)OCCCO[SiH](CC(C)C)CC(C)C. The Balaban J connectivity index is 3.74. The fraction of sp³-hybridized carbons (Fsp3) is 0.786. The first-order valence-electron chi connectivity index (χ1n) is 6.86. The summed E-state index contributed by atoms with van der Waals surface area (Å²) in [5.74, 6) is 1.06. The highest BCUT2D eigenvalue weighted by atomic mass is 28.3. The van der Waals surface area contributed by atoms with Crippen LogP contribution in [0.15, 0.2) is 12.7 Å². The molecule has 106 valence electrons. The van der Waals surface area contributed by atoms with Crippen LogP contribution in [-0.4, -0.2) is 28.2 Å². The van der Waals surface area contributed by atoms with Crippen LogP contribution in [-0.2, 0) is 14.0 Å². The molecule has 3 nitrogen and oxygen atoms in total. The maximum atomic E-state index is 10.8. The molecule has 0 aliphatic carbocycles. The van der Waals surface area contributed by atoms with Crippen LogP contribution in [0.25, 0.3) is 0 Å². The van der Waals surface area contributed by atoms with Gasteiger partial charge in [-0.3, -0.25) is 0 Å². The van der Waals surface area contributed by atoms with Gasteiger partial charge in [-0.05, 0) is 23.9 Å². The van der Waals surface area contributed by atoms with Gasteiger partial charge in [0.2, 0.25) is 0 Å². The second-order valence-electron chi connectivity index (χ2n) is 5.48. The van der Waals surface area contributed by atoms with E-state index >= 15 is 0 Å². The van der Waals surface area contributed by atoms with Crippen LogP contribution in [0.2, 0.25) is 12.1 Å². The maximum absolute atomic E-state index is 10.8. The summed E-state index contributed by atoms with van der Waals surface area (Å²) in [5, 5.41) is 0. The maximum Gasteiger partial charge on any atom is 0.330 e. The summed E-state index contributed by atoms with van der Waals surface area (Å²) in [6, 6.07) is 2.45. The summed E-state index contributed by atoms with van der Waals surface area (Å²) < 4.78 is 10.9. The zero-order chi connectivity index (χ0) is 14.0. The zero-order valence-corrected chi connectivity index (χ0v) is 13.4. The fourth-order valence-corrected chi connectivity index (χ4v) is 4.89. The van der Waals surface area contributed by atoms with Gasteiger partial charge in [-0.15, -0.1) is 0 Å². The Labute approximate surface area is 113 Å². The molecule has 0 aliphatic rings. The van der Waals surface area contributed by atoms with Gasteiger partial charge in [0.25, 0.3) is 0 Å². The molecule has 4 heteroatoms. The van der Waals surface area contributed by atoms with Crippen molar-refractivity contribution >= 4 is 15.0 Å². The lowest BCUT2D eigenvalue weighted by Crippen LogP contribution is -2.23. The Bertz CT molecular complexity index is 229. The zero-order valence-electron chi connectivity index (χ0n) is 12.3. The van der Waals surface area contributed by atoms with E-state index in [2.05, 4.69) is 34.3 Å². The molecular formula is C14H28O3Si. The molecule has 0 fully saturated rings. The van der Waals surface area contributed by atoms with Gasteiger partial charge < -0.3 is 9.16 Å². The summed E-state index contributed by atoms with van der Waals surface area (Å²) >= 11 is 0. The van der Waals surface area contributed by atoms with Crippen LogP contribution < -0.4 is 0 Å². The Kier molecular flexibility index (Phi) is 9.97. The Morgan fingerprint density at radius 2 is 1.72 bits per heavy atom. The monoisotopic (exact) mass is 272 g/mol. The number of hydrogen-bond acceptors (Lipinski definition) is 3. The van der Waals surface area contributed by atoms with Crippen molar-refractivity contribution < 1.29 is 14.0 Å². The van der Waals surface area contributed by atoms with Crippen molar-refractivity contribution in [3.63, 3.8) is 0 Å². The molecule has 0 amide bonds. The van der Waals surface area contributed by atoms with E-state index < -0.39 is 9.04 Å². The van der Waals surface area contributed by atoms with Crippen LogP contribution >= 0.6 is 0 Å². The van der Waals surface area contributed by atoms with Crippen LogP contribution in [0.1, 0.15) is 34.1 Å².